The summed E-state index contributed by atoms with van der Waals surface area (Å²) in [7, 11) is 1.32. The fourth-order valence-corrected chi connectivity index (χ4v) is 6.55. The average Bonchev–Trinajstić information content (AvgIpc) is 3.04. The van der Waals surface area contributed by atoms with Crippen LogP contribution < -0.4 is 0 Å². The minimum atomic E-state index is -1.12. The Labute approximate surface area is 231 Å². The number of nitrogens with zero attached hydrogens (tertiary/aromatic N) is 1. The molecule has 0 aromatic rings. The third kappa shape index (κ3) is 5.98. The predicted octanol–water partition coefficient (Wildman–Crippen LogP) is 4.06. The van der Waals surface area contributed by atoms with Gasteiger partial charge in [0, 0.05) is 30.5 Å². The Hall–Kier alpha value is -2.94. The van der Waals surface area contributed by atoms with Crippen molar-refractivity contribution >= 4 is 23.9 Å². The molecule has 0 spiro atoms. The zero-order valence-electron chi connectivity index (χ0n) is 24.2. The maximum Gasteiger partial charge on any atom is 0.333 e. The monoisotopic (exact) mass is 545 g/mol. The molecule has 1 saturated heterocycles. The second kappa shape index (κ2) is 12.5. The molecule has 1 saturated carbocycles. The summed E-state index contributed by atoms with van der Waals surface area (Å²) in [5.74, 6) is -2.09. The molecule has 0 N–H and O–H groups in total. The highest BCUT2D eigenvalue weighted by Gasteiger charge is 2.74. The Morgan fingerprint density at radius 3 is 2.54 bits per heavy atom. The highest BCUT2D eigenvalue weighted by Crippen LogP contribution is 2.65. The van der Waals surface area contributed by atoms with Crippen LogP contribution in [0.25, 0.3) is 0 Å². The van der Waals surface area contributed by atoms with Crippen molar-refractivity contribution in [2.24, 2.45) is 11.3 Å². The van der Waals surface area contributed by atoms with Gasteiger partial charge in [0.1, 0.15) is 16.6 Å². The van der Waals surface area contributed by atoms with E-state index in [2.05, 4.69) is 18.7 Å². The van der Waals surface area contributed by atoms with Crippen LogP contribution in [0.2, 0.25) is 0 Å². The Morgan fingerprint density at radius 1 is 1.18 bits per heavy atom. The van der Waals surface area contributed by atoms with Crippen LogP contribution in [0.3, 0.4) is 0 Å². The highest BCUT2D eigenvalue weighted by atomic mass is 16.6. The van der Waals surface area contributed by atoms with E-state index >= 15 is 0 Å². The first-order valence-corrected chi connectivity index (χ1v) is 13.9. The van der Waals surface area contributed by atoms with Crippen molar-refractivity contribution in [2.75, 3.05) is 33.4 Å². The molecule has 2 aliphatic carbocycles. The molecule has 0 radical (unpaired) electrons. The van der Waals surface area contributed by atoms with E-state index in [1.54, 1.807) is 38.2 Å². The lowest BCUT2D eigenvalue weighted by molar-refractivity contribution is -0.235. The fraction of sp³-hybridized carbons (Fsp3) is 0.667. The van der Waals surface area contributed by atoms with Crippen molar-refractivity contribution in [1.82, 2.24) is 4.90 Å². The molecule has 3 rings (SSSR count). The van der Waals surface area contributed by atoms with Gasteiger partial charge in [-0.15, -0.1) is 0 Å². The lowest BCUT2D eigenvalue weighted by Crippen LogP contribution is -2.65. The first-order valence-electron chi connectivity index (χ1n) is 13.9. The van der Waals surface area contributed by atoms with Gasteiger partial charge in [0.2, 0.25) is 0 Å². The van der Waals surface area contributed by atoms with Gasteiger partial charge in [-0.2, -0.15) is 0 Å². The number of carbonyl (C=O) groups excluding carboxylic acids is 4. The predicted molar refractivity (Wildman–Crippen MR) is 144 cm³/mol. The molecule has 1 heterocycles. The van der Waals surface area contributed by atoms with E-state index in [0.29, 0.717) is 43.4 Å². The van der Waals surface area contributed by atoms with Crippen molar-refractivity contribution in [1.29, 1.82) is 0 Å². The zero-order valence-corrected chi connectivity index (χ0v) is 24.2. The summed E-state index contributed by atoms with van der Waals surface area (Å²) in [6, 6.07) is 0. The standard InChI is InChI=1S/C30H43NO8/c1-7-31(8-2)19-10-20-37-25(33)21(3)11-9-15-28(5)24-14-17-29(27(35)39-28)16-12-23(26(34)36-6)13-18-30(24,29)38-22(4)32/h9,11-12,15,24H,7-8,10,13-14,16-20H2,1-6H3/b15-9+,21-11+/t24-,28+,29+,30-/m0/s1. The molecule has 0 unspecified atom stereocenters. The summed E-state index contributed by atoms with van der Waals surface area (Å²) in [6.07, 6.45) is 9.55. The molecular weight excluding hydrogens is 502 g/mol. The molecule has 3 aliphatic rings. The maximum absolute atomic E-state index is 13.7. The smallest absolute Gasteiger partial charge is 0.333 e. The second-order valence-electron chi connectivity index (χ2n) is 10.9. The van der Waals surface area contributed by atoms with Crippen LogP contribution in [0.5, 0.6) is 0 Å². The molecule has 4 atom stereocenters. The number of carbonyl (C=O) groups is 4. The number of hydrogen-bond donors (Lipinski definition) is 0. The summed E-state index contributed by atoms with van der Waals surface area (Å²) in [5.41, 5.74) is -2.36. The SMILES string of the molecule is CCN(CC)CCCOC(=O)/C(C)=C/C=C/[C@@]1(C)OC(=O)[C@]23CC=C(C(=O)OC)CC[C@]2(OC(C)=O)[C@H]1CC3. The Balaban J connectivity index is 1.79. The summed E-state index contributed by atoms with van der Waals surface area (Å²) in [5, 5.41) is 0. The first kappa shape index (κ1) is 30.6. The highest BCUT2D eigenvalue weighted by molar-refractivity contribution is 5.90. The molecule has 9 heteroatoms. The molecule has 39 heavy (non-hydrogen) atoms. The number of cyclic esters (lactones) is 1. The van der Waals surface area contributed by atoms with Crippen molar-refractivity contribution in [3.8, 4) is 0 Å². The van der Waals surface area contributed by atoms with Gasteiger partial charge in [0.25, 0.3) is 0 Å². The van der Waals surface area contributed by atoms with Gasteiger partial charge in [-0.05, 0) is 71.5 Å². The van der Waals surface area contributed by atoms with Crippen molar-refractivity contribution < 1.29 is 38.1 Å². The van der Waals surface area contributed by atoms with Crippen LogP contribution >= 0.6 is 0 Å². The molecule has 1 aliphatic heterocycles. The van der Waals surface area contributed by atoms with Crippen molar-refractivity contribution in [2.45, 2.75) is 84.3 Å². The number of ether oxygens (including phenoxy) is 4. The van der Waals surface area contributed by atoms with E-state index in [9.17, 15) is 19.2 Å². The van der Waals surface area contributed by atoms with E-state index < -0.39 is 40.5 Å². The Morgan fingerprint density at radius 2 is 1.90 bits per heavy atom. The van der Waals surface area contributed by atoms with Crippen LogP contribution in [0, 0.1) is 11.3 Å². The number of methoxy groups -OCH3 is 1. The Bertz CT molecular complexity index is 1060. The molecule has 0 amide bonds. The topological polar surface area (TPSA) is 108 Å². The largest absolute Gasteiger partial charge is 0.466 e. The molecule has 2 fully saturated rings. The van der Waals surface area contributed by atoms with Gasteiger partial charge in [0.15, 0.2) is 0 Å². The van der Waals surface area contributed by atoms with E-state index in [4.69, 9.17) is 18.9 Å². The molecular formula is C30H43NO8. The molecule has 9 nitrogen and oxygen atoms in total. The van der Waals surface area contributed by atoms with Crippen molar-refractivity contribution in [3.63, 3.8) is 0 Å². The first-order chi connectivity index (χ1) is 18.5. The van der Waals surface area contributed by atoms with Gasteiger partial charge in [0.05, 0.1) is 13.7 Å². The number of allylic oxidation sites excluding steroid dienone is 3. The summed E-state index contributed by atoms with van der Waals surface area (Å²) < 4.78 is 22.4. The quantitative estimate of drug-likeness (QED) is 0.125. The number of esters is 4. The van der Waals surface area contributed by atoms with E-state index in [1.165, 1.54) is 14.0 Å². The second-order valence-corrected chi connectivity index (χ2v) is 10.9. The van der Waals surface area contributed by atoms with Gasteiger partial charge < -0.3 is 23.8 Å². The van der Waals surface area contributed by atoms with Gasteiger partial charge in [-0.25, -0.2) is 9.59 Å². The lowest BCUT2D eigenvalue weighted by Gasteiger charge is -2.54. The van der Waals surface area contributed by atoms with Crippen LogP contribution in [0.4, 0.5) is 0 Å². The number of hydrogen-bond acceptors (Lipinski definition) is 9. The van der Waals surface area contributed by atoms with E-state index in [-0.39, 0.29) is 12.3 Å². The normalized spacial score (nSPS) is 30.3. The fourth-order valence-electron chi connectivity index (χ4n) is 6.55. The van der Waals surface area contributed by atoms with Crippen LogP contribution in [0.15, 0.2) is 35.5 Å². The molecule has 0 aromatic carbocycles. The minimum absolute atomic E-state index is 0.235. The van der Waals surface area contributed by atoms with Crippen LogP contribution in [-0.4, -0.2) is 73.3 Å². The lowest BCUT2D eigenvalue weighted by atomic mass is 9.62. The summed E-state index contributed by atoms with van der Waals surface area (Å²) in [6.45, 7) is 12.2. The molecule has 0 aromatic heterocycles. The maximum atomic E-state index is 13.7. The van der Waals surface area contributed by atoms with Crippen LogP contribution in [-0.2, 0) is 38.1 Å². The van der Waals surface area contributed by atoms with Gasteiger partial charge >= 0.3 is 23.9 Å². The third-order valence-corrected chi connectivity index (χ3v) is 8.71. The van der Waals surface area contributed by atoms with Crippen molar-refractivity contribution in [3.05, 3.63) is 35.5 Å². The minimum Gasteiger partial charge on any atom is -0.466 e. The average molecular weight is 546 g/mol. The summed E-state index contributed by atoms with van der Waals surface area (Å²) >= 11 is 0. The molecule has 2 bridgehead atoms. The van der Waals surface area contributed by atoms with E-state index in [0.717, 1.165) is 26.1 Å². The van der Waals surface area contributed by atoms with Gasteiger partial charge in [-0.3, -0.25) is 9.59 Å². The van der Waals surface area contributed by atoms with Crippen LogP contribution in [0.1, 0.15) is 73.1 Å². The van der Waals surface area contributed by atoms with Gasteiger partial charge in [-0.1, -0.05) is 32.1 Å². The zero-order chi connectivity index (χ0) is 28.8. The third-order valence-electron chi connectivity index (χ3n) is 8.71. The summed E-state index contributed by atoms with van der Waals surface area (Å²) in [4.78, 5) is 53.1. The van der Waals surface area contributed by atoms with E-state index in [1.807, 2.05) is 0 Å². The molecule has 216 valence electrons. The Kier molecular flexibility index (Phi) is 9.80. The number of rotatable bonds is 11.